The zero-order chi connectivity index (χ0) is 36.4. The fourth-order valence-corrected chi connectivity index (χ4v) is 9.19. The van der Waals surface area contributed by atoms with Crippen LogP contribution in [0.3, 0.4) is 0 Å². The minimum Gasteiger partial charge on any atom is -0.458 e. The van der Waals surface area contributed by atoms with E-state index in [1.54, 1.807) is 35.0 Å². The number of Topliss-reactive ketones (excluding diaryl/α,β-unsaturated/α-hetero) is 1. The number of aldehydes is 1. The lowest BCUT2D eigenvalue weighted by atomic mass is 9.60. The molecule has 0 aromatic heterocycles. The lowest BCUT2D eigenvalue weighted by molar-refractivity contribution is -0.235. The quantitative estimate of drug-likeness (QED) is 0.210. The monoisotopic (exact) mass is 682 g/mol. The van der Waals surface area contributed by atoms with Crippen LogP contribution in [0.15, 0.2) is 0 Å². The molecule has 15 atom stereocenters. The average Bonchev–Trinajstić information content (AvgIpc) is 3.31. The largest absolute Gasteiger partial charge is 0.458 e. The van der Waals surface area contributed by atoms with Crippen LogP contribution in [0.5, 0.6) is 0 Å². The van der Waals surface area contributed by atoms with Gasteiger partial charge in [-0.1, -0.05) is 48.5 Å². The number of aliphatic hydroxyl groups excluding tert-OH is 1. The van der Waals surface area contributed by atoms with Crippen molar-refractivity contribution in [3.63, 3.8) is 0 Å². The first-order valence-corrected chi connectivity index (χ1v) is 17.8. The third-order valence-electron chi connectivity index (χ3n) is 12.6. The first-order valence-electron chi connectivity index (χ1n) is 17.8. The van der Waals surface area contributed by atoms with Gasteiger partial charge in [-0.05, 0) is 45.4 Å². The van der Waals surface area contributed by atoms with Crippen LogP contribution in [0, 0.1) is 52.8 Å². The van der Waals surface area contributed by atoms with E-state index in [1.165, 1.54) is 0 Å². The number of hydrogen-bond acceptors (Lipinski definition) is 11. The Morgan fingerprint density at radius 3 is 2.15 bits per heavy atom. The molecule has 0 bridgehead atoms. The molecule has 3 rings (SSSR count). The van der Waals surface area contributed by atoms with Crippen LogP contribution < -0.4 is 0 Å². The number of carbonyl (C=O) groups is 4. The lowest BCUT2D eigenvalue weighted by Crippen LogP contribution is -2.59. The van der Waals surface area contributed by atoms with Crippen LogP contribution in [0.4, 0.5) is 0 Å². The van der Waals surface area contributed by atoms with Gasteiger partial charge >= 0.3 is 11.9 Å². The summed E-state index contributed by atoms with van der Waals surface area (Å²) in [6, 6.07) is 0. The lowest BCUT2D eigenvalue weighted by Gasteiger charge is -2.50. The van der Waals surface area contributed by atoms with E-state index in [1.807, 2.05) is 48.5 Å². The third-order valence-corrected chi connectivity index (χ3v) is 12.6. The van der Waals surface area contributed by atoms with Gasteiger partial charge in [0, 0.05) is 49.7 Å². The van der Waals surface area contributed by atoms with E-state index in [9.17, 15) is 24.3 Å². The first-order chi connectivity index (χ1) is 22.4. The summed E-state index contributed by atoms with van der Waals surface area (Å²) >= 11 is 0. The maximum absolute atomic E-state index is 14.3. The molecule has 11 nitrogen and oxygen atoms in total. The van der Waals surface area contributed by atoms with E-state index in [4.69, 9.17) is 28.4 Å². The molecular formula is C37H62O11. The Bertz CT molecular complexity index is 1140. The van der Waals surface area contributed by atoms with Gasteiger partial charge < -0.3 is 38.3 Å². The Kier molecular flexibility index (Phi) is 13.5. The Morgan fingerprint density at radius 2 is 1.58 bits per heavy atom. The van der Waals surface area contributed by atoms with Crippen molar-refractivity contribution in [1.29, 1.82) is 0 Å². The predicted molar refractivity (Wildman–Crippen MR) is 178 cm³/mol. The van der Waals surface area contributed by atoms with Gasteiger partial charge in [-0.2, -0.15) is 0 Å². The number of rotatable bonds is 9. The second-order valence-corrected chi connectivity index (χ2v) is 15.6. The molecule has 3 aliphatic rings. The summed E-state index contributed by atoms with van der Waals surface area (Å²) in [6.45, 7) is 19.2. The molecule has 0 aliphatic carbocycles. The van der Waals surface area contributed by atoms with Crippen LogP contribution in [0.1, 0.15) is 88.5 Å². The Hall–Kier alpha value is -1.92. The Labute approximate surface area is 287 Å². The topological polar surface area (TPSA) is 144 Å². The molecular weight excluding hydrogens is 620 g/mol. The van der Waals surface area contributed by atoms with E-state index in [0.717, 1.165) is 6.29 Å². The van der Waals surface area contributed by atoms with Gasteiger partial charge in [0.05, 0.1) is 49.5 Å². The SMILES string of the molecule is CC[C@H]1OC(=O)[C@H](C)[C@@H](C2C[C@@](C)(OC)[C@@H](O)[C@H](C)O2)[C@H](C)[C@@H](C)[C@](C)(C=O)C[C@@H](C)C(=O)[C@H](C)[C@H]2C(COCCOC)C(=O)O[C@@]21C. The van der Waals surface area contributed by atoms with Crippen molar-refractivity contribution in [3.05, 3.63) is 0 Å². The third kappa shape index (κ3) is 7.70. The highest BCUT2D eigenvalue weighted by Gasteiger charge is 2.61. The molecule has 3 saturated heterocycles. The van der Waals surface area contributed by atoms with Crippen LogP contribution >= 0.6 is 0 Å². The molecule has 3 fully saturated rings. The molecule has 0 radical (unpaired) electrons. The van der Waals surface area contributed by atoms with Crippen LogP contribution in [-0.4, -0.2) is 98.8 Å². The maximum Gasteiger partial charge on any atom is 0.312 e. The van der Waals surface area contributed by atoms with Crippen molar-refractivity contribution < 1.29 is 52.7 Å². The minimum atomic E-state index is -1.31. The van der Waals surface area contributed by atoms with Crippen molar-refractivity contribution in [2.24, 2.45) is 52.8 Å². The number of hydrogen-bond donors (Lipinski definition) is 1. The number of fused-ring (bicyclic) bond motifs is 1. The van der Waals surface area contributed by atoms with Gasteiger partial charge in [0.1, 0.15) is 24.3 Å². The molecule has 276 valence electrons. The van der Waals surface area contributed by atoms with Crippen molar-refractivity contribution in [3.8, 4) is 0 Å². The van der Waals surface area contributed by atoms with E-state index in [0.29, 0.717) is 19.4 Å². The molecule has 0 spiro atoms. The number of aliphatic hydroxyl groups is 1. The fourth-order valence-electron chi connectivity index (χ4n) is 9.19. The van der Waals surface area contributed by atoms with Gasteiger partial charge in [-0.3, -0.25) is 14.4 Å². The molecule has 0 aromatic carbocycles. The summed E-state index contributed by atoms with van der Waals surface area (Å²) in [6.07, 6.45) is -0.929. The molecule has 2 unspecified atom stereocenters. The summed E-state index contributed by atoms with van der Waals surface area (Å²) in [5.74, 6) is -5.34. The zero-order valence-corrected chi connectivity index (χ0v) is 31.3. The minimum absolute atomic E-state index is 0.0270. The van der Waals surface area contributed by atoms with E-state index < -0.39 is 88.5 Å². The molecule has 0 saturated carbocycles. The van der Waals surface area contributed by atoms with E-state index >= 15 is 0 Å². The predicted octanol–water partition coefficient (Wildman–Crippen LogP) is 4.44. The van der Waals surface area contributed by atoms with E-state index in [2.05, 4.69) is 0 Å². The molecule has 1 N–H and O–H groups in total. The Morgan fingerprint density at radius 1 is 0.938 bits per heavy atom. The smallest absolute Gasteiger partial charge is 0.312 e. The van der Waals surface area contributed by atoms with Crippen LogP contribution in [0.25, 0.3) is 0 Å². The van der Waals surface area contributed by atoms with Crippen molar-refractivity contribution in [2.75, 3.05) is 34.0 Å². The number of methoxy groups -OCH3 is 2. The normalized spacial score (nSPS) is 46.3. The van der Waals surface area contributed by atoms with E-state index in [-0.39, 0.29) is 37.3 Å². The standard InChI is InChI=1S/C37H62O11/c1-13-28-37(10)30(26(34(42)48-37)18-45-15-14-43-11)23(5)31(39)20(2)16-35(8,19-38)24(6)21(3)29(22(4)33(41)47-28)27-17-36(9,44-12)32(40)25(7)46-27/h19-30,32,40H,13-18H2,1-12H3/t20-,21-,22-,23-,24-,25+,26?,27?,28-,29+,30+,32+,35+,36-,37-/m1/s1. The first kappa shape index (κ1) is 40.5. The van der Waals surface area contributed by atoms with Gasteiger partial charge in [-0.25, -0.2) is 0 Å². The number of esters is 2. The highest BCUT2D eigenvalue weighted by Crippen LogP contribution is 2.50. The molecule has 3 aliphatic heterocycles. The van der Waals surface area contributed by atoms with Crippen molar-refractivity contribution in [2.45, 2.75) is 124 Å². The summed E-state index contributed by atoms with van der Waals surface area (Å²) in [5, 5.41) is 11.0. The number of ether oxygens (including phenoxy) is 6. The summed E-state index contributed by atoms with van der Waals surface area (Å²) < 4.78 is 35.7. The highest BCUT2D eigenvalue weighted by atomic mass is 16.6. The summed E-state index contributed by atoms with van der Waals surface area (Å²) in [7, 11) is 3.12. The summed E-state index contributed by atoms with van der Waals surface area (Å²) in [5.41, 5.74) is -3.17. The number of ketones is 1. The highest BCUT2D eigenvalue weighted by molar-refractivity contribution is 5.86. The van der Waals surface area contributed by atoms with Gasteiger partial charge in [0.2, 0.25) is 0 Å². The molecule has 0 amide bonds. The zero-order valence-electron chi connectivity index (χ0n) is 31.3. The molecule has 0 aromatic rings. The van der Waals surface area contributed by atoms with Gasteiger partial charge in [0.25, 0.3) is 0 Å². The second kappa shape index (κ2) is 16.0. The fraction of sp³-hybridized carbons (Fsp3) is 0.892. The molecule has 3 heterocycles. The van der Waals surface area contributed by atoms with Crippen molar-refractivity contribution in [1.82, 2.24) is 0 Å². The summed E-state index contributed by atoms with van der Waals surface area (Å²) in [4.78, 5) is 55.2. The second-order valence-electron chi connectivity index (χ2n) is 15.6. The van der Waals surface area contributed by atoms with Gasteiger partial charge in [0.15, 0.2) is 5.60 Å². The molecule has 48 heavy (non-hydrogen) atoms. The van der Waals surface area contributed by atoms with Crippen LogP contribution in [0.2, 0.25) is 0 Å². The average molecular weight is 683 g/mol. The Balaban J connectivity index is 2.17. The van der Waals surface area contributed by atoms with Gasteiger partial charge in [-0.15, -0.1) is 0 Å². The maximum atomic E-state index is 14.3. The van der Waals surface area contributed by atoms with Crippen molar-refractivity contribution >= 4 is 24.0 Å². The molecule has 11 heteroatoms. The number of carbonyl (C=O) groups excluding carboxylic acids is 4. The number of cyclic esters (lactones) is 1. The van der Waals surface area contributed by atoms with Crippen LogP contribution in [-0.2, 0) is 47.6 Å².